The first-order chi connectivity index (χ1) is 6.18. The molecule has 0 atom stereocenters. The molecule has 13 heavy (non-hydrogen) atoms. The van der Waals surface area contributed by atoms with Crippen molar-refractivity contribution < 1.29 is 14.6 Å². The topological polar surface area (TPSA) is 58.6 Å². The van der Waals surface area contributed by atoms with E-state index < -0.39 is 0 Å². The van der Waals surface area contributed by atoms with Crippen LogP contribution in [0.1, 0.15) is 19.8 Å². The Kier molecular flexibility index (Phi) is 7.24. The van der Waals surface area contributed by atoms with Crippen LogP contribution in [0.4, 0.5) is 0 Å². The van der Waals surface area contributed by atoms with Gasteiger partial charge in [0, 0.05) is 18.7 Å². The Morgan fingerprint density at radius 3 is 2.77 bits per heavy atom. The molecule has 0 aromatic rings. The molecule has 76 valence electrons. The van der Waals surface area contributed by atoms with Crippen molar-refractivity contribution in [3.05, 3.63) is 12.2 Å². The summed E-state index contributed by atoms with van der Waals surface area (Å²) in [6.07, 6.45) is 1.68. The maximum atomic E-state index is 10.9. The van der Waals surface area contributed by atoms with E-state index in [1.54, 1.807) is 6.92 Å². The molecule has 0 heterocycles. The van der Waals surface area contributed by atoms with Crippen LogP contribution in [0.5, 0.6) is 0 Å². The van der Waals surface area contributed by atoms with Crippen molar-refractivity contribution in [1.82, 2.24) is 5.32 Å². The molecule has 0 aliphatic carbocycles. The third kappa shape index (κ3) is 7.49. The van der Waals surface area contributed by atoms with Gasteiger partial charge in [-0.1, -0.05) is 6.58 Å². The summed E-state index contributed by atoms with van der Waals surface area (Å²) in [5, 5.41) is 11.0. The number of carbonyl (C=O) groups is 1. The average Bonchev–Trinajstić information content (AvgIpc) is 2.10. The van der Waals surface area contributed by atoms with Crippen molar-refractivity contribution in [3.63, 3.8) is 0 Å². The number of carbonyl (C=O) groups excluding carboxylic acids is 1. The zero-order valence-corrected chi connectivity index (χ0v) is 8.01. The Morgan fingerprint density at radius 2 is 2.23 bits per heavy atom. The van der Waals surface area contributed by atoms with E-state index >= 15 is 0 Å². The molecule has 1 amide bonds. The zero-order valence-electron chi connectivity index (χ0n) is 8.01. The lowest BCUT2D eigenvalue weighted by Gasteiger charge is -2.04. The van der Waals surface area contributed by atoms with E-state index in [9.17, 15) is 4.79 Å². The number of hydrogen-bond acceptors (Lipinski definition) is 3. The minimum absolute atomic E-state index is 0.108. The quantitative estimate of drug-likeness (QED) is 0.345. The van der Waals surface area contributed by atoms with Crippen molar-refractivity contribution in [3.8, 4) is 0 Å². The van der Waals surface area contributed by atoms with Crippen molar-refractivity contribution in [2.24, 2.45) is 0 Å². The van der Waals surface area contributed by atoms with Gasteiger partial charge < -0.3 is 15.2 Å². The highest BCUT2D eigenvalue weighted by Gasteiger charge is 1.98. The number of nitrogens with one attached hydrogen (secondary N) is 1. The van der Waals surface area contributed by atoms with E-state index in [0.717, 1.165) is 12.8 Å². The van der Waals surface area contributed by atoms with Gasteiger partial charge in [-0.3, -0.25) is 4.79 Å². The Morgan fingerprint density at radius 1 is 1.54 bits per heavy atom. The lowest BCUT2D eigenvalue weighted by Crippen LogP contribution is -2.24. The van der Waals surface area contributed by atoms with Crippen molar-refractivity contribution in [2.75, 3.05) is 19.9 Å². The van der Waals surface area contributed by atoms with Gasteiger partial charge in [-0.25, -0.2) is 0 Å². The fourth-order valence-electron chi connectivity index (χ4n) is 0.746. The van der Waals surface area contributed by atoms with Gasteiger partial charge in [0.25, 0.3) is 0 Å². The van der Waals surface area contributed by atoms with Crippen molar-refractivity contribution in [2.45, 2.75) is 19.8 Å². The highest BCUT2D eigenvalue weighted by molar-refractivity contribution is 5.91. The number of hydrogen-bond donors (Lipinski definition) is 2. The lowest BCUT2D eigenvalue weighted by atomic mass is 10.3. The normalized spacial score (nSPS) is 9.69. The summed E-state index contributed by atoms with van der Waals surface area (Å²) in [6, 6.07) is 0. The summed E-state index contributed by atoms with van der Waals surface area (Å²) < 4.78 is 4.71. The molecular formula is C9H17NO3. The minimum atomic E-state index is -0.238. The molecule has 0 fully saturated rings. The average molecular weight is 187 g/mol. The Balaban J connectivity index is 3.16. The maximum absolute atomic E-state index is 10.9. The van der Waals surface area contributed by atoms with Crippen LogP contribution < -0.4 is 5.32 Å². The fourth-order valence-corrected chi connectivity index (χ4v) is 0.746. The van der Waals surface area contributed by atoms with Gasteiger partial charge in [0.2, 0.25) is 5.91 Å². The predicted molar refractivity (Wildman–Crippen MR) is 50.1 cm³/mol. The molecule has 0 radical (unpaired) electrons. The molecule has 4 heteroatoms. The van der Waals surface area contributed by atoms with Gasteiger partial charge in [0.15, 0.2) is 0 Å². The van der Waals surface area contributed by atoms with Crippen LogP contribution in [0.15, 0.2) is 12.2 Å². The van der Waals surface area contributed by atoms with E-state index in [0.29, 0.717) is 18.7 Å². The molecule has 0 bridgehead atoms. The molecule has 0 saturated heterocycles. The molecule has 0 aromatic heterocycles. The van der Waals surface area contributed by atoms with Gasteiger partial charge in [-0.15, -0.1) is 0 Å². The summed E-state index contributed by atoms with van der Waals surface area (Å²) in [5.74, 6) is -0.108. The van der Waals surface area contributed by atoms with Crippen LogP contribution in [0, 0.1) is 0 Å². The number of unbranched alkanes of at least 4 members (excludes halogenated alkanes) is 1. The second kappa shape index (κ2) is 7.76. The summed E-state index contributed by atoms with van der Waals surface area (Å²) in [7, 11) is 0. The third-order valence-corrected chi connectivity index (χ3v) is 1.48. The van der Waals surface area contributed by atoms with Crippen LogP contribution >= 0.6 is 0 Å². The summed E-state index contributed by atoms with van der Waals surface area (Å²) in [5.41, 5.74) is 0.520. The zero-order chi connectivity index (χ0) is 10.1. The van der Waals surface area contributed by atoms with Crippen molar-refractivity contribution in [1.29, 1.82) is 0 Å². The van der Waals surface area contributed by atoms with Gasteiger partial charge in [-0.05, 0) is 19.8 Å². The molecule has 0 saturated carbocycles. The van der Waals surface area contributed by atoms with E-state index in [2.05, 4.69) is 11.9 Å². The van der Waals surface area contributed by atoms with Gasteiger partial charge in [0.1, 0.15) is 6.79 Å². The van der Waals surface area contributed by atoms with Gasteiger partial charge in [0.05, 0.1) is 0 Å². The molecule has 0 aliphatic heterocycles. The van der Waals surface area contributed by atoms with E-state index in [-0.39, 0.29) is 12.7 Å². The van der Waals surface area contributed by atoms with E-state index in [4.69, 9.17) is 9.84 Å². The Hall–Kier alpha value is -0.870. The maximum Gasteiger partial charge on any atom is 0.246 e. The first kappa shape index (κ1) is 12.1. The number of aliphatic hydroxyl groups is 1. The van der Waals surface area contributed by atoms with Crippen LogP contribution in [0.25, 0.3) is 0 Å². The monoisotopic (exact) mass is 187 g/mol. The summed E-state index contributed by atoms with van der Waals surface area (Å²) in [4.78, 5) is 10.9. The molecule has 2 N–H and O–H groups in total. The highest BCUT2D eigenvalue weighted by Crippen LogP contribution is 1.90. The van der Waals surface area contributed by atoms with Crippen LogP contribution in [-0.4, -0.2) is 31.0 Å². The third-order valence-electron chi connectivity index (χ3n) is 1.48. The number of amides is 1. The predicted octanol–water partition coefficient (Wildman–Crippen LogP) is 0.425. The second-order valence-corrected chi connectivity index (χ2v) is 2.78. The van der Waals surface area contributed by atoms with Crippen LogP contribution in [0.3, 0.4) is 0 Å². The highest BCUT2D eigenvalue weighted by atomic mass is 16.6. The van der Waals surface area contributed by atoms with Crippen molar-refractivity contribution >= 4 is 5.91 Å². The standard InChI is InChI=1S/C9H17NO3/c1-8(2)9(12)10-5-3-4-6-13-7-11/h11H,1,3-7H2,2H3,(H,10,12). The van der Waals surface area contributed by atoms with Crippen LogP contribution in [-0.2, 0) is 9.53 Å². The number of rotatable bonds is 7. The first-order valence-electron chi connectivity index (χ1n) is 4.30. The fraction of sp³-hybridized carbons (Fsp3) is 0.667. The molecule has 0 aliphatic rings. The summed E-state index contributed by atoms with van der Waals surface area (Å²) >= 11 is 0. The summed E-state index contributed by atoms with van der Waals surface area (Å²) in [6.45, 7) is 6.10. The number of aliphatic hydroxyl groups excluding tert-OH is 1. The molecule has 0 aromatic carbocycles. The van der Waals surface area contributed by atoms with E-state index in [1.807, 2.05) is 0 Å². The first-order valence-corrected chi connectivity index (χ1v) is 4.30. The minimum Gasteiger partial charge on any atom is -0.371 e. The van der Waals surface area contributed by atoms with Gasteiger partial charge in [-0.2, -0.15) is 0 Å². The molecule has 0 spiro atoms. The molecule has 0 unspecified atom stereocenters. The molecule has 0 rings (SSSR count). The Bertz CT molecular complexity index is 168. The second-order valence-electron chi connectivity index (χ2n) is 2.78. The van der Waals surface area contributed by atoms with E-state index in [1.165, 1.54) is 0 Å². The Labute approximate surface area is 78.6 Å². The smallest absolute Gasteiger partial charge is 0.246 e. The number of ether oxygens (including phenoxy) is 1. The lowest BCUT2D eigenvalue weighted by molar-refractivity contribution is -0.117. The molecule has 4 nitrogen and oxygen atoms in total. The van der Waals surface area contributed by atoms with Crippen LogP contribution in [0.2, 0.25) is 0 Å². The molecular weight excluding hydrogens is 170 g/mol. The SMILES string of the molecule is C=C(C)C(=O)NCCCCOCO. The van der Waals surface area contributed by atoms with Gasteiger partial charge >= 0.3 is 0 Å². The largest absolute Gasteiger partial charge is 0.371 e.